The molecule has 1 aliphatic rings. The van der Waals surface area contributed by atoms with Crippen molar-refractivity contribution in [3.63, 3.8) is 0 Å². The van der Waals surface area contributed by atoms with Crippen molar-refractivity contribution in [3.8, 4) is 17.2 Å². The van der Waals surface area contributed by atoms with Gasteiger partial charge in [0.05, 0.1) is 34.4 Å². The Kier molecular flexibility index (Phi) is 5.72. The summed E-state index contributed by atoms with van der Waals surface area (Å²) in [6.07, 6.45) is 6.15. The zero-order chi connectivity index (χ0) is 25.4. The summed E-state index contributed by atoms with van der Waals surface area (Å²) in [5, 5.41) is 17.0. The Morgan fingerprint density at radius 3 is 2.58 bits per heavy atom. The number of nitrogens with zero attached hydrogens (tertiary/aromatic N) is 5. The summed E-state index contributed by atoms with van der Waals surface area (Å²) in [4.78, 5) is 31.1. The maximum absolute atomic E-state index is 14.2. The van der Waals surface area contributed by atoms with Gasteiger partial charge in [0.25, 0.3) is 5.91 Å². The number of likely N-dealkylation sites (N-methyl/N-ethyl adjacent to an activating group) is 1. The van der Waals surface area contributed by atoms with E-state index in [0.717, 1.165) is 18.4 Å². The quantitative estimate of drug-likeness (QED) is 0.445. The second-order valence-corrected chi connectivity index (χ2v) is 9.15. The van der Waals surface area contributed by atoms with Crippen LogP contribution in [0.25, 0.3) is 22.0 Å². The molecule has 8 nitrogen and oxygen atoms in total. The molecule has 2 aromatic heterocycles. The van der Waals surface area contributed by atoms with Gasteiger partial charge in [-0.3, -0.25) is 19.3 Å². The Bertz CT molecular complexity index is 1530. The lowest BCUT2D eigenvalue weighted by Crippen LogP contribution is -2.26. The van der Waals surface area contributed by atoms with E-state index in [1.807, 2.05) is 24.3 Å². The molecule has 2 aromatic carbocycles. The average molecular weight is 483 g/mol. The van der Waals surface area contributed by atoms with Crippen molar-refractivity contribution in [2.24, 2.45) is 0 Å². The van der Waals surface area contributed by atoms with Crippen LogP contribution in [0.5, 0.6) is 0 Å². The maximum Gasteiger partial charge on any atom is 0.257 e. The third-order valence-corrected chi connectivity index (χ3v) is 6.45. The summed E-state index contributed by atoms with van der Waals surface area (Å²) in [5.41, 5.74) is 2.99. The van der Waals surface area contributed by atoms with E-state index in [1.54, 1.807) is 26.4 Å². The number of anilines is 1. The van der Waals surface area contributed by atoms with E-state index in [4.69, 9.17) is 0 Å². The zero-order valence-corrected chi connectivity index (χ0v) is 19.8. The van der Waals surface area contributed by atoms with E-state index >= 15 is 0 Å². The number of pyridine rings is 1. The van der Waals surface area contributed by atoms with Crippen LogP contribution in [0.4, 0.5) is 10.1 Å². The Morgan fingerprint density at radius 2 is 1.92 bits per heavy atom. The molecule has 36 heavy (non-hydrogen) atoms. The molecule has 0 unspecified atom stereocenters. The van der Waals surface area contributed by atoms with E-state index < -0.39 is 17.1 Å². The molecule has 0 radical (unpaired) electrons. The van der Waals surface area contributed by atoms with Crippen LogP contribution in [0.15, 0.2) is 61.1 Å². The van der Waals surface area contributed by atoms with Gasteiger partial charge in [-0.25, -0.2) is 4.39 Å². The SMILES string of the molecule is CN(C)C(=O)Cn1cc(NC(=O)c2cnc3ccc(F)cc3c2-c2ccc(C3(C#N)CC3)cc2)cn1. The molecular weight excluding hydrogens is 459 g/mol. The fourth-order valence-corrected chi connectivity index (χ4v) is 4.19. The smallest absolute Gasteiger partial charge is 0.257 e. The highest BCUT2D eigenvalue weighted by atomic mass is 19.1. The second kappa shape index (κ2) is 8.89. The van der Waals surface area contributed by atoms with Crippen molar-refractivity contribution in [1.29, 1.82) is 5.26 Å². The zero-order valence-electron chi connectivity index (χ0n) is 19.8. The largest absolute Gasteiger partial charge is 0.347 e. The number of aromatic nitrogens is 3. The minimum Gasteiger partial charge on any atom is -0.347 e. The number of nitrogens with one attached hydrogen (secondary N) is 1. The molecule has 4 aromatic rings. The third-order valence-electron chi connectivity index (χ3n) is 6.45. The first-order chi connectivity index (χ1) is 17.3. The standard InChI is InChI=1S/C27H23FN6O2/c1-33(2)24(35)15-34-14-20(12-31-34)32-26(36)22-13-30-23-8-7-19(28)11-21(23)25(22)17-3-5-18(6-4-17)27(16-29)9-10-27/h3-8,11-14H,9-10,15H2,1-2H3,(H,32,36). The van der Waals surface area contributed by atoms with Crippen LogP contribution >= 0.6 is 0 Å². The van der Waals surface area contributed by atoms with Crippen molar-refractivity contribution in [3.05, 3.63) is 78.0 Å². The number of hydrogen-bond donors (Lipinski definition) is 1. The molecule has 2 amide bonds. The lowest BCUT2D eigenvalue weighted by atomic mass is 9.92. The molecule has 180 valence electrons. The second-order valence-electron chi connectivity index (χ2n) is 9.15. The van der Waals surface area contributed by atoms with Gasteiger partial charge >= 0.3 is 0 Å². The van der Waals surface area contributed by atoms with Gasteiger partial charge in [0.2, 0.25) is 5.91 Å². The fraction of sp³-hybridized carbons (Fsp3) is 0.222. The number of amides is 2. The number of carbonyl (C=O) groups excluding carboxylic acids is 2. The highest BCUT2D eigenvalue weighted by Gasteiger charge is 2.44. The normalized spacial score (nSPS) is 13.7. The van der Waals surface area contributed by atoms with Crippen molar-refractivity contribution < 1.29 is 14.0 Å². The van der Waals surface area contributed by atoms with E-state index in [9.17, 15) is 19.2 Å². The Labute approximate surface area is 207 Å². The van der Waals surface area contributed by atoms with Gasteiger partial charge in [0.1, 0.15) is 12.4 Å². The summed E-state index contributed by atoms with van der Waals surface area (Å²) >= 11 is 0. The Balaban J connectivity index is 1.51. The first-order valence-corrected chi connectivity index (χ1v) is 11.4. The van der Waals surface area contributed by atoms with Crippen LogP contribution in [0, 0.1) is 17.1 Å². The lowest BCUT2D eigenvalue weighted by Gasteiger charge is -2.14. The number of carbonyl (C=O) groups is 2. The number of hydrogen-bond acceptors (Lipinski definition) is 5. The van der Waals surface area contributed by atoms with E-state index in [2.05, 4.69) is 21.5 Å². The minimum atomic E-state index is -0.443. The highest BCUT2D eigenvalue weighted by Crippen LogP contribution is 2.48. The molecule has 0 atom stereocenters. The minimum absolute atomic E-state index is 0.0431. The molecule has 1 fully saturated rings. The van der Waals surface area contributed by atoms with Crippen LogP contribution in [0.3, 0.4) is 0 Å². The molecule has 9 heteroatoms. The summed E-state index contributed by atoms with van der Waals surface area (Å²) in [6.45, 7) is 0.0431. The Hall–Kier alpha value is -4.58. The lowest BCUT2D eigenvalue weighted by molar-refractivity contribution is -0.129. The first-order valence-electron chi connectivity index (χ1n) is 11.4. The molecule has 1 N–H and O–H groups in total. The number of nitriles is 1. The van der Waals surface area contributed by atoms with Gasteiger partial charge < -0.3 is 10.2 Å². The molecule has 0 spiro atoms. The van der Waals surface area contributed by atoms with E-state index in [1.165, 1.54) is 34.1 Å². The number of fused-ring (bicyclic) bond motifs is 1. The average Bonchev–Trinajstić information content (AvgIpc) is 3.56. The Morgan fingerprint density at radius 1 is 1.17 bits per heavy atom. The van der Waals surface area contributed by atoms with E-state index in [-0.39, 0.29) is 18.0 Å². The third kappa shape index (κ3) is 4.29. The van der Waals surface area contributed by atoms with E-state index in [0.29, 0.717) is 27.7 Å². The first kappa shape index (κ1) is 23.2. The van der Waals surface area contributed by atoms with Crippen LogP contribution < -0.4 is 5.32 Å². The molecule has 5 rings (SSSR count). The fourth-order valence-electron chi connectivity index (χ4n) is 4.19. The van der Waals surface area contributed by atoms with Crippen molar-refractivity contribution >= 4 is 28.4 Å². The van der Waals surface area contributed by atoms with Crippen molar-refractivity contribution in [2.45, 2.75) is 24.8 Å². The summed E-state index contributed by atoms with van der Waals surface area (Å²) in [6, 6.07) is 14.2. The van der Waals surface area contributed by atoms with Gasteiger partial charge in [-0.2, -0.15) is 10.4 Å². The van der Waals surface area contributed by atoms with Crippen LogP contribution in [-0.4, -0.2) is 45.6 Å². The predicted octanol–water partition coefficient (Wildman–Crippen LogP) is 4.13. The van der Waals surface area contributed by atoms with Gasteiger partial charge in [-0.15, -0.1) is 0 Å². The van der Waals surface area contributed by atoms with Crippen molar-refractivity contribution in [2.75, 3.05) is 19.4 Å². The van der Waals surface area contributed by atoms with Crippen LogP contribution in [-0.2, 0) is 16.8 Å². The number of benzene rings is 2. The van der Waals surface area contributed by atoms with Gasteiger partial charge in [0, 0.05) is 37.4 Å². The molecule has 0 bridgehead atoms. The summed E-state index contributed by atoms with van der Waals surface area (Å²) < 4.78 is 15.7. The summed E-state index contributed by atoms with van der Waals surface area (Å²) in [5.74, 6) is -1.01. The summed E-state index contributed by atoms with van der Waals surface area (Å²) in [7, 11) is 3.31. The number of rotatable bonds is 6. The maximum atomic E-state index is 14.2. The molecule has 0 saturated heterocycles. The predicted molar refractivity (Wildman–Crippen MR) is 133 cm³/mol. The van der Waals surface area contributed by atoms with Crippen molar-refractivity contribution in [1.82, 2.24) is 19.7 Å². The monoisotopic (exact) mass is 482 g/mol. The molecular formula is C27H23FN6O2. The molecule has 1 aliphatic carbocycles. The molecule has 0 aliphatic heterocycles. The van der Waals surface area contributed by atoms with Gasteiger partial charge in [-0.1, -0.05) is 24.3 Å². The van der Waals surface area contributed by atoms with Crippen LogP contribution in [0.1, 0.15) is 28.8 Å². The highest BCUT2D eigenvalue weighted by molar-refractivity contribution is 6.13. The molecule has 2 heterocycles. The van der Waals surface area contributed by atoms with Crippen LogP contribution in [0.2, 0.25) is 0 Å². The van der Waals surface area contributed by atoms with Gasteiger partial charge in [0.15, 0.2) is 0 Å². The van der Waals surface area contributed by atoms with Gasteiger partial charge in [-0.05, 0) is 42.2 Å². The number of halogens is 1. The topological polar surface area (TPSA) is 104 Å². The molecule has 1 saturated carbocycles.